The second-order valence-corrected chi connectivity index (χ2v) is 4.87. The number of nitrogens with zero attached hydrogens (tertiary/aromatic N) is 1. The predicted molar refractivity (Wildman–Crippen MR) is 78.2 cm³/mol. The summed E-state index contributed by atoms with van der Waals surface area (Å²) in [6.07, 6.45) is 0.483. The highest BCUT2D eigenvalue weighted by Gasteiger charge is 2.16. The molecular formula is C15H22N2O3. The van der Waals surface area contributed by atoms with Crippen molar-refractivity contribution in [3.05, 3.63) is 23.8 Å². The molecule has 0 saturated carbocycles. The maximum Gasteiger partial charge on any atom is 0.224 e. The van der Waals surface area contributed by atoms with E-state index in [1.54, 1.807) is 7.11 Å². The van der Waals surface area contributed by atoms with E-state index in [1.807, 2.05) is 30.0 Å². The standard InChI is InChI=1S/C15H22N2O3/c1-12-3-4-14(19-2)13(11-12)16-6-5-15(18)17-7-9-20-10-8-17/h3-4,11,16H,5-10H2,1-2H3. The van der Waals surface area contributed by atoms with Gasteiger partial charge >= 0.3 is 0 Å². The highest BCUT2D eigenvalue weighted by atomic mass is 16.5. The Morgan fingerprint density at radius 2 is 2.15 bits per heavy atom. The first-order valence-corrected chi connectivity index (χ1v) is 6.95. The van der Waals surface area contributed by atoms with Crippen LogP contribution in [0.2, 0.25) is 0 Å². The van der Waals surface area contributed by atoms with Crippen LogP contribution in [0.4, 0.5) is 5.69 Å². The van der Waals surface area contributed by atoms with Crippen molar-refractivity contribution in [2.45, 2.75) is 13.3 Å². The first kappa shape index (κ1) is 14.7. The third kappa shape index (κ3) is 3.87. The zero-order chi connectivity index (χ0) is 14.4. The van der Waals surface area contributed by atoms with Gasteiger partial charge in [-0.25, -0.2) is 0 Å². The summed E-state index contributed by atoms with van der Waals surface area (Å²) in [6, 6.07) is 5.96. The largest absolute Gasteiger partial charge is 0.495 e. The molecule has 0 aliphatic carbocycles. The molecule has 1 aromatic carbocycles. The molecule has 2 rings (SSSR count). The Kier molecular flexibility index (Phi) is 5.24. The van der Waals surface area contributed by atoms with Crippen LogP contribution < -0.4 is 10.1 Å². The van der Waals surface area contributed by atoms with Gasteiger partial charge in [0.15, 0.2) is 0 Å². The molecule has 0 radical (unpaired) electrons. The van der Waals surface area contributed by atoms with E-state index >= 15 is 0 Å². The van der Waals surface area contributed by atoms with Crippen LogP contribution in [-0.4, -0.2) is 50.8 Å². The summed E-state index contributed by atoms with van der Waals surface area (Å²) in [5, 5.41) is 3.27. The van der Waals surface area contributed by atoms with Crippen molar-refractivity contribution >= 4 is 11.6 Å². The van der Waals surface area contributed by atoms with Crippen molar-refractivity contribution < 1.29 is 14.3 Å². The zero-order valence-electron chi connectivity index (χ0n) is 12.1. The molecule has 1 aromatic rings. The monoisotopic (exact) mass is 278 g/mol. The molecule has 1 aliphatic heterocycles. The fourth-order valence-electron chi connectivity index (χ4n) is 2.23. The first-order chi connectivity index (χ1) is 9.70. The number of nitrogens with one attached hydrogen (secondary N) is 1. The van der Waals surface area contributed by atoms with Crippen molar-refractivity contribution in [1.29, 1.82) is 0 Å². The molecule has 0 atom stereocenters. The molecule has 1 amide bonds. The van der Waals surface area contributed by atoms with Gasteiger partial charge in [-0.2, -0.15) is 0 Å². The van der Waals surface area contributed by atoms with Gasteiger partial charge in [-0.05, 0) is 24.6 Å². The van der Waals surface area contributed by atoms with Gasteiger partial charge in [0.25, 0.3) is 0 Å². The Morgan fingerprint density at radius 3 is 2.85 bits per heavy atom. The van der Waals surface area contributed by atoms with Gasteiger partial charge < -0.3 is 19.7 Å². The lowest BCUT2D eigenvalue weighted by atomic mass is 10.2. The summed E-state index contributed by atoms with van der Waals surface area (Å²) in [7, 11) is 1.65. The third-order valence-corrected chi connectivity index (χ3v) is 3.37. The minimum atomic E-state index is 0.174. The van der Waals surface area contributed by atoms with Crippen LogP contribution in [0.5, 0.6) is 5.75 Å². The molecule has 5 nitrogen and oxygen atoms in total. The van der Waals surface area contributed by atoms with Crippen LogP contribution in [0, 0.1) is 6.92 Å². The van der Waals surface area contributed by atoms with Crippen molar-refractivity contribution in [3.8, 4) is 5.75 Å². The SMILES string of the molecule is COc1ccc(C)cc1NCCC(=O)N1CCOCC1. The second-order valence-electron chi connectivity index (χ2n) is 4.87. The topological polar surface area (TPSA) is 50.8 Å². The zero-order valence-corrected chi connectivity index (χ0v) is 12.1. The Labute approximate surface area is 119 Å². The van der Waals surface area contributed by atoms with E-state index in [2.05, 4.69) is 5.32 Å². The van der Waals surface area contributed by atoms with Crippen LogP contribution in [0.15, 0.2) is 18.2 Å². The minimum Gasteiger partial charge on any atom is -0.495 e. The van der Waals surface area contributed by atoms with Crippen molar-refractivity contribution in [3.63, 3.8) is 0 Å². The number of methoxy groups -OCH3 is 1. The number of carbonyl (C=O) groups excluding carboxylic acids is 1. The molecule has 1 saturated heterocycles. The third-order valence-electron chi connectivity index (χ3n) is 3.37. The molecule has 0 spiro atoms. The molecule has 110 valence electrons. The van der Waals surface area contributed by atoms with Gasteiger partial charge in [-0.15, -0.1) is 0 Å². The predicted octanol–water partition coefficient (Wildman–Crippen LogP) is 1.66. The number of morpholine rings is 1. The van der Waals surface area contributed by atoms with Crippen molar-refractivity contribution in [2.24, 2.45) is 0 Å². The normalized spacial score (nSPS) is 15.0. The number of aryl methyl sites for hydroxylation is 1. The van der Waals surface area contributed by atoms with Crippen LogP contribution in [-0.2, 0) is 9.53 Å². The lowest BCUT2D eigenvalue weighted by molar-refractivity contribution is -0.134. The maximum atomic E-state index is 12.0. The van der Waals surface area contributed by atoms with E-state index in [-0.39, 0.29) is 5.91 Å². The summed E-state index contributed by atoms with van der Waals surface area (Å²) in [5.74, 6) is 0.974. The lowest BCUT2D eigenvalue weighted by Crippen LogP contribution is -2.41. The van der Waals surface area contributed by atoms with Crippen molar-refractivity contribution in [1.82, 2.24) is 4.90 Å². The number of ether oxygens (including phenoxy) is 2. The molecule has 0 unspecified atom stereocenters. The minimum absolute atomic E-state index is 0.174. The molecule has 1 N–H and O–H groups in total. The number of rotatable bonds is 5. The smallest absolute Gasteiger partial charge is 0.224 e. The summed E-state index contributed by atoms with van der Waals surface area (Å²) in [4.78, 5) is 13.9. The molecule has 0 bridgehead atoms. The van der Waals surface area contributed by atoms with Crippen molar-refractivity contribution in [2.75, 3.05) is 45.3 Å². The van der Waals surface area contributed by atoms with Gasteiger partial charge in [0.1, 0.15) is 5.75 Å². The number of hydrogen-bond donors (Lipinski definition) is 1. The Balaban J connectivity index is 1.83. The number of amides is 1. The van der Waals surface area contributed by atoms with Gasteiger partial charge in [0, 0.05) is 26.1 Å². The Bertz CT molecular complexity index is 456. The molecule has 0 aromatic heterocycles. The van der Waals surface area contributed by atoms with Gasteiger partial charge in [0.2, 0.25) is 5.91 Å². The van der Waals surface area contributed by atoms with Crippen LogP contribution in [0.3, 0.4) is 0 Å². The molecule has 1 fully saturated rings. The first-order valence-electron chi connectivity index (χ1n) is 6.95. The number of anilines is 1. The average molecular weight is 278 g/mol. The van der Waals surface area contributed by atoms with E-state index in [0.29, 0.717) is 39.3 Å². The van der Waals surface area contributed by atoms with Gasteiger partial charge in [-0.3, -0.25) is 4.79 Å². The second kappa shape index (κ2) is 7.14. The fraction of sp³-hybridized carbons (Fsp3) is 0.533. The highest BCUT2D eigenvalue weighted by molar-refractivity contribution is 5.77. The number of benzene rings is 1. The Morgan fingerprint density at radius 1 is 1.40 bits per heavy atom. The maximum absolute atomic E-state index is 12.0. The molecule has 20 heavy (non-hydrogen) atoms. The quantitative estimate of drug-likeness (QED) is 0.890. The molecule has 1 heterocycles. The van der Waals surface area contributed by atoms with Crippen LogP contribution in [0.25, 0.3) is 0 Å². The Hall–Kier alpha value is -1.75. The number of hydrogen-bond acceptors (Lipinski definition) is 4. The van der Waals surface area contributed by atoms with Crippen LogP contribution >= 0.6 is 0 Å². The highest BCUT2D eigenvalue weighted by Crippen LogP contribution is 2.25. The van der Waals surface area contributed by atoms with Crippen LogP contribution in [0.1, 0.15) is 12.0 Å². The lowest BCUT2D eigenvalue weighted by Gasteiger charge is -2.27. The summed E-state index contributed by atoms with van der Waals surface area (Å²) in [6.45, 7) is 5.33. The number of carbonyl (C=O) groups is 1. The fourth-order valence-corrected chi connectivity index (χ4v) is 2.23. The van der Waals surface area contributed by atoms with E-state index in [1.165, 1.54) is 0 Å². The molecular weight excluding hydrogens is 256 g/mol. The van der Waals surface area contributed by atoms with Gasteiger partial charge in [0.05, 0.1) is 26.0 Å². The average Bonchev–Trinajstić information content (AvgIpc) is 2.48. The van der Waals surface area contributed by atoms with E-state index in [9.17, 15) is 4.79 Å². The summed E-state index contributed by atoms with van der Waals surface area (Å²) < 4.78 is 10.5. The van der Waals surface area contributed by atoms with E-state index in [0.717, 1.165) is 17.0 Å². The van der Waals surface area contributed by atoms with E-state index < -0.39 is 0 Å². The summed E-state index contributed by atoms with van der Waals surface area (Å²) in [5.41, 5.74) is 2.09. The molecule has 1 aliphatic rings. The van der Waals surface area contributed by atoms with E-state index in [4.69, 9.17) is 9.47 Å². The van der Waals surface area contributed by atoms with Gasteiger partial charge in [-0.1, -0.05) is 6.07 Å². The molecule has 5 heteroatoms. The summed E-state index contributed by atoms with van der Waals surface area (Å²) >= 11 is 0.